The van der Waals surface area contributed by atoms with Gasteiger partial charge < -0.3 is 23.7 Å². The summed E-state index contributed by atoms with van der Waals surface area (Å²) in [6.07, 6.45) is -12.4. The first-order valence-electron chi connectivity index (χ1n) is 12.4. The second-order valence-electron chi connectivity index (χ2n) is 9.08. The van der Waals surface area contributed by atoms with Gasteiger partial charge in [0.15, 0.2) is 12.0 Å². The fourth-order valence-corrected chi connectivity index (χ4v) is 4.69. The molecule has 0 radical (unpaired) electrons. The summed E-state index contributed by atoms with van der Waals surface area (Å²) >= 11 is 2.66. The third-order valence-electron chi connectivity index (χ3n) is 6.19. The van der Waals surface area contributed by atoms with Gasteiger partial charge in [-0.3, -0.25) is 5.32 Å². The first kappa shape index (κ1) is 31.7. The number of benzene rings is 1. The van der Waals surface area contributed by atoms with Crippen LogP contribution >= 0.6 is 15.9 Å². The quantitative estimate of drug-likeness (QED) is 0.127. The van der Waals surface area contributed by atoms with Crippen molar-refractivity contribution < 1.29 is 54.9 Å². The summed E-state index contributed by atoms with van der Waals surface area (Å²) < 4.78 is 106. The third-order valence-corrected chi connectivity index (χ3v) is 6.80. The van der Waals surface area contributed by atoms with E-state index in [4.69, 9.17) is 23.7 Å². The number of carboxylic acid groups (broad SMARTS) is 1. The lowest BCUT2D eigenvalue weighted by Crippen LogP contribution is -2.45. The molecule has 1 aromatic carbocycles. The molecular weight excluding hydrogens is 646 g/mol. The molecular formula is C25H23BrF6N4O6. The molecule has 1 atom stereocenters. The average Bonchev–Trinajstić information content (AvgIpc) is 3.61. The molecule has 1 aliphatic rings. The number of anilines is 1. The monoisotopic (exact) mass is 668 g/mol. The average molecular weight is 669 g/mol. The number of halogens is 7. The first-order valence-corrected chi connectivity index (χ1v) is 13.2. The van der Waals surface area contributed by atoms with Crippen LogP contribution in [0.25, 0.3) is 11.6 Å². The van der Waals surface area contributed by atoms with Crippen molar-refractivity contribution in [3.8, 4) is 11.6 Å². The van der Waals surface area contributed by atoms with E-state index in [-0.39, 0.29) is 12.8 Å². The van der Waals surface area contributed by atoms with E-state index in [2.05, 4.69) is 31.1 Å². The van der Waals surface area contributed by atoms with Crippen molar-refractivity contribution in [2.75, 3.05) is 18.5 Å². The van der Waals surface area contributed by atoms with Gasteiger partial charge in [-0.05, 0) is 53.2 Å². The number of rotatable bonds is 11. The topological polar surface area (TPSA) is 129 Å². The van der Waals surface area contributed by atoms with Crippen LogP contribution in [-0.4, -0.2) is 52.1 Å². The molecule has 1 unspecified atom stereocenters. The summed E-state index contributed by atoms with van der Waals surface area (Å²) in [5.41, 5.74) is -5.44. The number of hydrogen-bond acceptors (Lipinski definition) is 8. The zero-order chi connectivity index (χ0) is 30.5. The summed E-state index contributed by atoms with van der Waals surface area (Å²) in [5.74, 6) is -1.80. The van der Waals surface area contributed by atoms with Gasteiger partial charge in [-0.2, -0.15) is 26.3 Å². The van der Waals surface area contributed by atoms with Crippen LogP contribution in [0.4, 0.5) is 36.8 Å². The fraction of sp³-hybridized carbons (Fsp3) is 0.440. The Labute approximate surface area is 242 Å². The minimum atomic E-state index is -5.09. The van der Waals surface area contributed by atoms with Crippen molar-refractivity contribution in [2.45, 2.75) is 56.5 Å². The molecule has 1 fully saturated rings. The van der Waals surface area contributed by atoms with Crippen LogP contribution in [0.2, 0.25) is 0 Å². The molecule has 0 spiro atoms. The number of pyridine rings is 1. The van der Waals surface area contributed by atoms with Crippen LogP contribution < -0.4 is 5.32 Å². The van der Waals surface area contributed by atoms with E-state index in [1.807, 2.05) is 0 Å². The molecule has 1 aliphatic heterocycles. The van der Waals surface area contributed by atoms with Gasteiger partial charge in [0.05, 0.1) is 31.1 Å². The molecule has 2 aromatic heterocycles. The third kappa shape index (κ3) is 7.37. The van der Waals surface area contributed by atoms with Crippen LogP contribution in [0.3, 0.4) is 0 Å². The Morgan fingerprint density at radius 1 is 1.07 bits per heavy atom. The number of amides is 1. The number of aromatic nitrogens is 3. The van der Waals surface area contributed by atoms with Crippen LogP contribution in [-0.2, 0) is 32.6 Å². The van der Waals surface area contributed by atoms with E-state index < -0.39 is 76.7 Å². The summed E-state index contributed by atoms with van der Waals surface area (Å²) in [6, 6.07) is 8.43. The standard InChI is InChI=1S/C25H23BrF6N4O6/c26-19-15(24(27,28)29)12-16(33-22(37)38)18(34-19)20-35-36-21(42-20)23(25(30,31)32,41-13-14-6-2-1-3-7-14)9-5-4-8-17-39-10-11-40-17/h1-3,6-7,12,17,33H,4-5,8-11,13H2,(H,37,38). The normalized spacial score (nSPS) is 16.0. The Kier molecular flexibility index (Phi) is 9.74. The Morgan fingerprint density at radius 3 is 2.38 bits per heavy atom. The zero-order valence-electron chi connectivity index (χ0n) is 21.5. The minimum Gasteiger partial charge on any atom is -0.465 e. The van der Waals surface area contributed by atoms with Gasteiger partial charge >= 0.3 is 18.4 Å². The SMILES string of the molecule is O=C(O)Nc1cc(C(F)(F)F)c(Br)nc1-c1nnc(C(CCCCC2OCCO2)(OCc2ccccc2)C(F)(F)F)o1. The van der Waals surface area contributed by atoms with E-state index in [1.54, 1.807) is 35.6 Å². The summed E-state index contributed by atoms with van der Waals surface area (Å²) in [7, 11) is 0. The van der Waals surface area contributed by atoms with Crippen LogP contribution in [0.5, 0.6) is 0 Å². The second kappa shape index (κ2) is 12.9. The molecule has 0 aliphatic carbocycles. The molecule has 3 aromatic rings. The lowest BCUT2D eigenvalue weighted by atomic mass is 9.94. The molecule has 42 heavy (non-hydrogen) atoms. The molecule has 4 rings (SSSR count). The minimum absolute atomic E-state index is 0.0366. The number of unbranched alkanes of at least 4 members (excludes halogenated alkanes) is 1. The van der Waals surface area contributed by atoms with Gasteiger partial charge in [-0.15, -0.1) is 10.2 Å². The first-order chi connectivity index (χ1) is 19.8. The molecule has 0 bridgehead atoms. The van der Waals surface area contributed by atoms with E-state index >= 15 is 0 Å². The lowest BCUT2D eigenvalue weighted by Gasteiger charge is -2.32. The number of nitrogens with zero attached hydrogens (tertiary/aromatic N) is 3. The molecule has 1 amide bonds. The summed E-state index contributed by atoms with van der Waals surface area (Å²) in [4.78, 5) is 14.9. The van der Waals surface area contributed by atoms with Gasteiger partial charge in [-0.25, -0.2) is 9.78 Å². The van der Waals surface area contributed by atoms with E-state index in [0.717, 1.165) is 0 Å². The number of hydrogen-bond donors (Lipinski definition) is 2. The number of carbonyl (C=O) groups is 1. The molecule has 0 saturated carbocycles. The Morgan fingerprint density at radius 2 is 1.76 bits per heavy atom. The van der Waals surface area contributed by atoms with Crippen molar-refractivity contribution in [3.63, 3.8) is 0 Å². The molecule has 1 saturated heterocycles. The van der Waals surface area contributed by atoms with Gasteiger partial charge in [0.25, 0.3) is 11.8 Å². The predicted molar refractivity (Wildman–Crippen MR) is 135 cm³/mol. The van der Waals surface area contributed by atoms with Gasteiger partial charge in [0.1, 0.15) is 4.60 Å². The Balaban J connectivity index is 1.72. The van der Waals surface area contributed by atoms with Gasteiger partial charge in [0.2, 0.25) is 5.60 Å². The van der Waals surface area contributed by atoms with Crippen molar-refractivity contribution in [2.24, 2.45) is 0 Å². The van der Waals surface area contributed by atoms with Gasteiger partial charge in [0, 0.05) is 0 Å². The molecule has 10 nitrogen and oxygen atoms in total. The van der Waals surface area contributed by atoms with E-state index in [0.29, 0.717) is 31.3 Å². The van der Waals surface area contributed by atoms with Crippen LogP contribution in [0.1, 0.15) is 42.7 Å². The van der Waals surface area contributed by atoms with Crippen LogP contribution in [0.15, 0.2) is 45.4 Å². The largest absolute Gasteiger partial charge is 0.465 e. The molecule has 17 heteroatoms. The highest BCUT2D eigenvalue weighted by Gasteiger charge is 2.61. The predicted octanol–water partition coefficient (Wildman–Crippen LogP) is 6.91. The number of nitrogens with one attached hydrogen (secondary N) is 1. The fourth-order valence-electron chi connectivity index (χ4n) is 4.17. The maximum absolute atomic E-state index is 14.9. The Bertz CT molecular complexity index is 1370. The van der Waals surface area contributed by atoms with Gasteiger partial charge in [-0.1, -0.05) is 30.3 Å². The van der Waals surface area contributed by atoms with E-state index in [1.165, 1.54) is 0 Å². The number of ether oxygens (including phenoxy) is 3. The summed E-state index contributed by atoms with van der Waals surface area (Å²) in [6.45, 7) is 0.270. The van der Waals surface area contributed by atoms with Crippen molar-refractivity contribution >= 4 is 27.7 Å². The maximum Gasteiger partial charge on any atom is 0.426 e. The zero-order valence-corrected chi connectivity index (χ0v) is 23.1. The summed E-state index contributed by atoms with van der Waals surface area (Å²) in [5, 5.41) is 18.0. The second-order valence-corrected chi connectivity index (χ2v) is 9.83. The van der Waals surface area contributed by atoms with Crippen molar-refractivity contribution in [1.82, 2.24) is 15.2 Å². The smallest absolute Gasteiger partial charge is 0.426 e. The van der Waals surface area contributed by atoms with Crippen molar-refractivity contribution in [3.05, 3.63) is 58.0 Å². The highest BCUT2D eigenvalue weighted by atomic mass is 79.9. The Hall–Kier alpha value is -3.28. The molecule has 228 valence electrons. The highest BCUT2D eigenvalue weighted by Crippen LogP contribution is 2.47. The van der Waals surface area contributed by atoms with Crippen molar-refractivity contribution in [1.29, 1.82) is 0 Å². The number of alkyl halides is 6. The van der Waals surface area contributed by atoms with Crippen LogP contribution in [0, 0.1) is 0 Å². The van der Waals surface area contributed by atoms with E-state index in [9.17, 15) is 31.1 Å². The molecule has 2 N–H and O–H groups in total. The maximum atomic E-state index is 14.9. The molecule has 3 heterocycles. The lowest BCUT2D eigenvalue weighted by molar-refractivity contribution is -0.300. The highest BCUT2D eigenvalue weighted by molar-refractivity contribution is 9.10.